The summed E-state index contributed by atoms with van der Waals surface area (Å²) in [6.45, 7) is 6.54. The first kappa shape index (κ1) is 17.3. The number of benzene rings is 1. The lowest BCUT2D eigenvalue weighted by Gasteiger charge is -2.25. The third-order valence-electron chi connectivity index (χ3n) is 4.47. The Morgan fingerprint density at radius 1 is 1.40 bits per heavy atom. The lowest BCUT2D eigenvalue weighted by atomic mass is 10.1. The number of phenolic OH excluding ortho intramolecular Hbond substituents is 1. The molecule has 2 atom stereocenters. The van der Waals surface area contributed by atoms with Crippen LogP contribution in [-0.2, 0) is 0 Å². The van der Waals surface area contributed by atoms with Gasteiger partial charge in [-0.2, -0.15) is 4.98 Å². The summed E-state index contributed by atoms with van der Waals surface area (Å²) >= 11 is 0. The zero-order valence-corrected chi connectivity index (χ0v) is 14.8. The number of phenols is 1. The van der Waals surface area contributed by atoms with Gasteiger partial charge in [0, 0.05) is 12.5 Å². The number of amides is 2. The molecule has 1 aromatic heterocycles. The lowest BCUT2D eigenvalue weighted by molar-refractivity contribution is 0.186. The fourth-order valence-corrected chi connectivity index (χ4v) is 3.04. The molecule has 0 radical (unpaired) electrons. The molecule has 0 spiro atoms. The number of hydrogen-bond acceptors (Lipinski definition) is 5. The second-order valence-electron chi connectivity index (χ2n) is 6.76. The summed E-state index contributed by atoms with van der Waals surface area (Å²) < 4.78 is 5.28. The summed E-state index contributed by atoms with van der Waals surface area (Å²) in [7, 11) is 0. The van der Waals surface area contributed by atoms with Gasteiger partial charge in [-0.1, -0.05) is 31.1 Å². The monoisotopic (exact) mass is 344 g/mol. The molecule has 2 aromatic rings. The molecule has 1 aliphatic heterocycles. The van der Waals surface area contributed by atoms with Gasteiger partial charge in [-0.25, -0.2) is 4.79 Å². The van der Waals surface area contributed by atoms with Crippen LogP contribution in [0.5, 0.6) is 5.75 Å². The molecule has 0 bridgehead atoms. The van der Waals surface area contributed by atoms with Crippen molar-refractivity contribution in [2.24, 2.45) is 0 Å². The van der Waals surface area contributed by atoms with Crippen molar-refractivity contribution < 1.29 is 14.4 Å². The van der Waals surface area contributed by atoms with Crippen molar-refractivity contribution in [3.8, 4) is 5.75 Å². The third kappa shape index (κ3) is 3.75. The van der Waals surface area contributed by atoms with E-state index in [-0.39, 0.29) is 29.8 Å². The van der Waals surface area contributed by atoms with Gasteiger partial charge in [0.25, 0.3) is 0 Å². The molecule has 3 rings (SSSR count). The number of aromatic nitrogens is 2. The molecule has 1 saturated heterocycles. The van der Waals surface area contributed by atoms with E-state index >= 15 is 0 Å². The van der Waals surface area contributed by atoms with E-state index in [1.807, 2.05) is 26.8 Å². The van der Waals surface area contributed by atoms with E-state index in [4.69, 9.17) is 4.52 Å². The number of urea groups is 1. The summed E-state index contributed by atoms with van der Waals surface area (Å²) in [4.78, 5) is 18.9. The Morgan fingerprint density at radius 3 is 2.88 bits per heavy atom. The Balaban J connectivity index is 1.70. The molecule has 1 fully saturated rings. The Hall–Kier alpha value is -2.57. The van der Waals surface area contributed by atoms with Gasteiger partial charge in [0.2, 0.25) is 5.89 Å². The molecule has 7 heteroatoms. The van der Waals surface area contributed by atoms with Gasteiger partial charge in [0.1, 0.15) is 5.75 Å². The number of nitrogens with one attached hydrogen (secondary N) is 1. The highest BCUT2D eigenvalue weighted by atomic mass is 16.5. The second-order valence-corrected chi connectivity index (χ2v) is 6.76. The molecule has 0 saturated carbocycles. The third-order valence-corrected chi connectivity index (χ3v) is 4.47. The molecular weight excluding hydrogens is 320 g/mol. The first-order valence-corrected chi connectivity index (χ1v) is 8.65. The van der Waals surface area contributed by atoms with Gasteiger partial charge in [-0.05, 0) is 37.5 Å². The minimum Gasteiger partial charge on any atom is -0.508 e. The topological polar surface area (TPSA) is 91.5 Å². The van der Waals surface area contributed by atoms with Crippen LogP contribution < -0.4 is 5.32 Å². The maximum absolute atomic E-state index is 12.7. The van der Waals surface area contributed by atoms with Crippen LogP contribution in [0.15, 0.2) is 28.8 Å². The van der Waals surface area contributed by atoms with E-state index in [9.17, 15) is 9.90 Å². The molecule has 7 nitrogen and oxygen atoms in total. The maximum Gasteiger partial charge on any atom is 0.318 e. The lowest BCUT2D eigenvalue weighted by Crippen LogP contribution is -2.40. The molecule has 1 aromatic carbocycles. The van der Waals surface area contributed by atoms with Crippen molar-refractivity contribution >= 4 is 6.03 Å². The minimum absolute atomic E-state index is 0.158. The van der Waals surface area contributed by atoms with E-state index in [2.05, 4.69) is 15.5 Å². The Bertz CT molecular complexity index is 743. The van der Waals surface area contributed by atoms with E-state index in [1.54, 1.807) is 23.1 Å². The quantitative estimate of drug-likeness (QED) is 0.885. The van der Waals surface area contributed by atoms with Crippen LogP contribution in [0.1, 0.15) is 68.9 Å². The largest absolute Gasteiger partial charge is 0.508 e. The average Bonchev–Trinajstić information content (AvgIpc) is 3.23. The maximum atomic E-state index is 12.7. The summed E-state index contributed by atoms with van der Waals surface area (Å²) in [5.74, 6) is 1.51. The van der Waals surface area contributed by atoms with E-state index < -0.39 is 0 Å². The molecular formula is C18H24N4O3. The molecule has 2 heterocycles. The van der Waals surface area contributed by atoms with Crippen molar-refractivity contribution in [1.82, 2.24) is 20.4 Å². The van der Waals surface area contributed by atoms with Crippen LogP contribution in [0, 0.1) is 0 Å². The zero-order chi connectivity index (χ0) is 18.0. The van der Waals surface area contributed by atoms with Crippen LogP contribution in [0.25, 0.3) is 0 Å². The van der Waals surface area contributed by atoms with Gasteiger partial charge in [-0.15, -0.1) is 0 Å². The fraction of sp³-hybridized carbons (Fsp3) is 0.500. The summed E-state index contributed by atoms with van der Waals surface area (Å²) in [6.07, 6.45) is 1.73. The first-order valence-electron chi connectivity index (χ1n) is 8.65. The number of likely N-dealkylation sites (tertiary alicyclic amines) is 1. The van der Waals surface area contributed by atoms with Gasteiger partial charge in [0.15, 0.2) is 5.82 Å². The minimum atomic E-state index is -0.211. The van der Waals surface area contributed by atoms with E-state index in [0.29, 0.717) is 18.3 Å². The van der Waals surface area contributed by atoms with Crippen LogP contribution in [0.2, 0.25) is 0 Å². The standard InChI is InChI=1S/C18H24N4O3/c1-11(2)17-20-16(21-25-17)15-8-5-9-22(15)18(24)19-12(3)13-6-4-7-14(23)10-13/h4,6-7,10-12,15,23H,5,8-9H2,1-3H3,(H,19,24)/t12-,15?/m0/s1. The van der Waals surface area contributed by atoms with E-state index in [0.717, 1.165) is 18.4 Å². The molecule has 2 amide bonds. The normalized spacial score (nSPS) is 18.6. The van der Waals surface area contributed by atoms with Gasteiger partial charge < -0.3 is 19.8 Å². The molecule has 1 aliphatic rings. The molecule has 2 N–H and O–H groups in total. The van der Waals surface area contributed by atoms with Crippen LogP contribution >= 0.6 is 0 Å². The number of hydrogen-bond donors (Lipinski definition) is 2. The number of carbonyl (C=O) groups is 1. The molecule has 0 aliphatic carbocycles. The smallest absolute Gasteiger partial charge is 0.318 e. The van der Waals surface area contributed by atoms with Gasteiger partial charge in [0.05, 0.1) is 12.1 Å². The fourth-order valence-electron chi connectivity index (χ4n) is 3.04. The molecule has 25 heavy (non-hydrogen) atoms. The predicted molar refractivity (Wildman–Crippen MR) is 92.1 cm³/mol. The number of carbonyl (C=O) groups excluding carboxylic acids is 1. The van der Waals surface area contributed by atoms with Crippen molar-refractivity contribution in [3.05, 3.63) is 41.5 Å². The molecule has 1 unspecified atom stereocenters. The SMILES string of the molecule is CC(C)c1nc(C2CCCN2C(=O)N[C@@H](C)c2cccc(O)c2)no1. The highest BCUT2D eigenvalue weighted by molar-refractivity contribution is 5.75. The van der Waals surface area contributed by atoms with Crippen LogP contribution in [0.4, 0.5) is 4.79 Å². The summed E-state index contributed by atoms with van der Waals surface area (Å²) in [5.41, 5.74) is 0.853. The Labute approximate surface area is 147 Å². The van der Waals surface area contributed by atoms with Crippen molar-refractivity contribution in [2.45, 2.75) is 51.6 Å². The zero-order valence-electron chi connectivity index (χ0n) is 14.8. The Kier molecular flexibility index (Phi) is 4.92. The average molecular weight is 344 g/mol. The summed E-state index contributed by atoms with van der Waals surface area (Å²) in [5, 5.41) is 16.6. The van der Waals surface area contributed by atoms with Crippen LogP contribution in [-0.4, -0.2) is 32.7 Å². The van der Waals surface area contributed by atoms with Crippen LogP contribution in [0.3, 0.4) is 0 Å². The number of rotatable bonds is 4. The highest BCUT2D eigenvalue weighted by Crippen LogP contribution is 2.31. The number of aromatic hydroxyl groups is 1. The number of nitrogens with zero attached hydrogens (tertiary/aromatic N) is 3. The van der Waals surface area contributed by atoms with Crippen molar-refractivity contribution in [1.29, 1.82) is 0 Å². The van der Waals surface area contributed by atoms with Crippen molar-refractivity contribution in [2.75, 3.05) is 6.54 Å². The van der Waals surface area contributed by atoms with E-state index in [1.165, 1.54) is 0 Å². The Morgan fingerprint density at radius 2 is 2.20 bits per heavy atom. The highest BCUT2D eigenvalue weighted by Gasteiger charge is 2.34. The molecule has 134 valence electrons. The first-order chi connectivity index (χ1) is 12.0. The van der Waals surface area contributed by atoms with Crippen molar-refractivity contribution in [3.63, 3.8) is 0 Å². The second kappa shape index (κ2) is 7.13. The summed E-state index contributed by atoms with van der Waals surface area (Å²) in [6, 6.07) is 6.37. The van der Waals surface area contributed by atoms with Gasteiger partial charge >= 0.3 is 6.03 Å². The predicted octanol–water partition coefficient (Wildman–Crippen LogP) is 3.51. The van der Waals surface area contributed by atoms with Gasteiger partial charge in [-0.3, -0.25) is 0 Å².